The standard InChI is InChI=1S/C11H6F2O2/c12-6-5-8-10(13)7-3-1-2-4-9(7)15-11(8)14/h1-6H. The Hall–Kier alpha value is -1.97. The molecule has 0 radical (unpaired) electrons. The molecule has 1 aromatic carbocycles. The second kappa shape index (κ2) is 3.65. The van der Waals surface area contributed by atoms with Crippen molar-refractivity contribution in [1.29, 1.82) is 0 Å². The van der Waals surface area contributed by atoms with Crippen molar-refractivity contribution in [3.05, 3.63) is 52.4 Å². The molecule has 0 aliphatic carbocycles. The smallest absolute Gasteiger partial charge is 0.346 e. The van der Waals surface area contributed by atoms with Crippen molar-refractivity contribution in [3.8, 4) is 0 Å². The lowest BCUT2D eigenvalue weighted by Crippen LogP contribution is -2.06. The zero-order valence-corrected chi connectivity index (χ0v) is 7.54. The van der Waals surface area contributed by atoms with Gasteiger partial charge in [0.05, 0.1) is 17.3 Å². The van der Waals surface area contributed by atoms with Gasteiger partial charge in [-0.05, 0) is 18.2 Å². The monoisotopic (exact) mass is 208 g/mol. The second-order valence-electron chi connectivity index (χ2n) is 2.91. The van der Waals surface area contributed by atoms with E-state index < -0.39 is 17.0 Å². The number of halogens is 2. The van der Waals surface area contributed by atoms with Crippen molar-refractivity contribution < 1.29 is 13.2 Å². The van der Waals surface area contributed by atoms with E-state index in [0.29, 0.717) is 0 Å². The Labute approximate surface area is 83.5 Å². The number of benzene rings is 1. The van der Waals surface area contributed by atoms with Gasteiger partial charge in [0.2, 0.25) is 0 Å². The first-order valence-electron chi connectivity index (χ1n) is 4.22. The summed E-state index contributed by atoms with van der Waals surface area (Å²) < 4.78 is 30.4. The summed E-state index contributed by atoms with van der Waals surface area (Å²) in [5.41, 5.74) is -1.15. The van der Waals surface area contributed by atoms with Gasteiger partial charge in [-0.3, -0.25) is 0 Å². The highest BCUT2D eigenvalue weighted by molar-refractivity contribution is 5.79. The van der Waals surface area contributed by atoms with Crippen LogP contribution in [0.1, 0.15) is 5.56 Å². The van der Waals surface area contributed by atoms with Crippen LogP contribution in [0, 0.1) is 5.82 Å². The van der Waals surface area contributed by atoms with E-state index in [1.165, 1.54) is 12.1 Å². The molecule has 0 fully saturated rings. The minimum atomic E-state index is -0.889. The van der Waals surface area contributed by atoms with Gasteiger partial charge in [0, 0.05) is 0 Å². The van der Waals surface area contributed by atoms with E-state index in [2.05, 4.69) is 0 Å². The second-order valence-corrected chi connectivity index (χ2v) is 2.91. The highest BCUT2D eigenvalue weighted by Gasteiger charge is 2.11. The Morgan fingerprint density at radius 1 is 1.27 bits per heavy atom. The Balaban J connectivity index is 2.90. The van der Waals surface area contributed by atoms with Crippen molar-refractivity contribution in [1.82, 2.24) is 0 Å². The number of fused-ring (bicyclic) bond motifs is 1. The summed E-state index contributed by atoms with van der Waals surface area (Å²) in [7, 11) is 0. The highest BCUT2D eigenvalue weighted by atomic mass is 19.1. The third-order valence-electron chi connectivity index (χ3n) is 2.01. The summed E-state index contributed by atoms with van der Waals surface area (Å²) in [5, 5.41) is 0.158. The molecular weight excluding hydrogens is 202 g/mol. The summed E-state index contributed by atoms with van der Waals surface area (Å²) >= 11 is 0. The van der Waals surface area contributed by atoms with Crippen LogP contribution in [0.15, 0.2) is 39.8 Å². The molecule has 0 bridgehead atoms. The minimum absolute atomic E-state index is 0.101. The molecule has 1 aromatic heterocycles. The largest absolute Gasteiger partial charge is 0.422 e. The van der Waals surface area contributed by atoms with Crippen molar-refractivity contribution in [3.63, 3.8) is 0 Å². The molecule has 4 heteroatoms. The summed E-state index contributed by atoms with van der Waals surface area (Å²) in [4.78, 5) is 11.2. The quantitative estimate of drug-likeness (QED) is 0.674. The Morgan fingerprint density at radius 3 is 2.73 bits per heavy atom. The van der Waals surface area contributed by atoms with Crippen molar-refractivity contribution in [2.45, 2.75) is 0 Å². The maximum Gasteiger partial charge on any atom is 0.346 e. The van der Waals surface area contributed by atoms with E-state index in [1.54, 1.807) is 12.1 Å². The molecule has 0 unspecified atom stereocenters. The fourth-order valence-electron chi connectivity index (χ4n) is 1.33. The SMILES string of the molecule is O=c1oc2ccccc2c(F)c1C=CF. The lowest BCUT2D eigenvalue weighted by molar-refractivity contribution is 0.535. The van der Waals surface area contributed by atoms with E-state index in [-0.39, 0.29) is 17.3 Å². The molecule has 0 saturated carbocycles. The van der Waals surface area contributed by atoms with Crippen LogP contribution in [0.5, 0.6) is 0 Å². The van der Waals surface area contributed by atoms with Gasteiger partial charge in [-0.1, -0.05) is 12.1 Å². The van der Waals surface area contributed by atoms with Gasteiger partial charge < -0.3 is 4.42 Å². The Morgan fingerprint density at radius 2 is 2.00 bits per heavy atom. The average molecular weight is 208 g/mol. The molecule has 0 amide bonds. The molecule has 2 nitrogen and oxygen atoms in total. The van der Waals surface area contributed by atoms with Crippen molar-refractivity contribution in [2.75, 3.05) is 0 Å². The molecule has 0 saturated heterocycles. The third-order valence-corrected chi connectivity index (χ3v) is 2.01. The van der Waals surface area contributed by atoms with Crippen molar-refractivity contribution in [2.24, 2.45) is 0 Å². The zero-order chi connectivity index (χ0) is 10.8. The van der Waals surface area contributed by atoms with Gasteiger partial charge in [0.25, 0.3) is 0 Å². The molecule has 15 heavy (non-hydrogen) atoms. The average Bonchev–Trinajstić information content (AvgIpc) is 2.24. The number of para-hydroxylation sites is 1. The molecular formula is C11H6F2O2. The predicted molar refractivity (Wildman–Crippen MR) is 52.6 cm³/mol. The van der Waals surface area contributed by atoms with E-state index in [4.69, 9.17) is 4.42 Å². The van der Waals surface area contributed by atoms with Gasteiger partial charge in [-0.15, -0.1) is 0 Å². The van der Waals surface area contributed by atoms with Gasteiger partial charge in [-0.25, -0.2) is 13.6 Å². The predicted octanol–water partition coefficient (Wildman–Crippen LogP) is 2.87. The minimum Gasteiger partial charge on any atom is -0.422 e. The zero-order valence-electron chi connectivity index (χ0n) is 7.54. The van der Waals surface area contributed by atoms with Crippen molar-refractivity contribution >= 4 is 17.0 Å². The molecule has 76 valence electrons. The van der Waals surface area contributed by atoms with Crippen LogP contribution in [0.3, 0.4) is 0 Å². The first-order valence-corrected chi connectivity index (χ1v) is 4.22. The first kappa shape index (κ1) is 9.58. The van der Waals surface area contributed by atoms with Gasteiger partial charge in [-0.2, -0.15) is 0 Å². The highest BCUT2D eigenvalue weighted by Crippen LogP contribution is 2.18. The lowest BCUT2D eigenvalue weighted by Gasteiger charge is -1.99. The van der Waals surface area contributed by atoms with Crippen LogP contribution >= 0.6 is 0 Å². The van der Waals surface area contributed by atoms with Gasteiger partial charge >= 0.3 is 5.63 Å². The topological polar surface area (TPSA) is 30.2 Å². The number of hydrogen-bond donors (Lipinski definition) is 0. The molecule has 0 aliphatic heterocycles. The van der Waals surface area contributed by atoms with Crippen LogP contribution in [0.4, 0.5) is 8.78 Å². The molecule has 0 aliphatic rings. The molecule has 0 N–H and O–H groups in total. The molecule has 0 atom stereocenters. The van der Waals surface area contributed by atoms with E-state index in [9.17, 15) is 13.6 Å². The Kier molecular flexibility index (Phi) is 2.33. The van der Waals surface area contributed by atoms with Gasteiger partial charge in [0.1, 0.15) is 11.4 Å². The first-order chi connectivity index (χ1) is 7.24. The summed E-state index contributed by atoms with van der Waals surface area (Å²) in [6.07, 6.45) is 0.845. The summed E-state index contributed by atoms with van der Waals surface area (Å²) in [6.45, 7) is 0. The fourth-order valence-corrected chi connectivity index (χ4v) is 1.33. The van der Waals surface area contributed by atoms with E-state index >= 15 is 0 Å². The van der Waals surface area contributed by atoms with E-state index in [0.717, 1.165) is 6.08 Å². The molecule has 2 aromatic rings. The molecule has 0 spiro atoms. The van der Waals surface area contributed by atoms with E-state index in [1.807, 2.05) is 0 Å². The van der Waals surface area contributed by atoms with Crippen LogP contribution in [-0.2, 0) is 0 Å². The number of rotatable bonds is 1. The van der Waals surface area contributed by atoms with Crippen LogP contribution in [0.2, 0.25) is 0 Å². The van der Waals surface area contributed by atoms with Gasteiger partial charge in [0.15, 0.2) is 0 Å². The summed E-state index contributed by atoms with van der Waals surface area (Å²) in [6, 6.07) is 6.16. The normalized spacial score (nSPS) is 11.3. The third kappa shape index (κ3) is 1.54. The van der Waals surface area contributed by atoms with Crippen LogP contribution in [-0.4, -0.2) is 0 Å². The molecule has 1 heterocycles. The van der Waals surface area contributed by atoms with Crippen LogP contribution < -0.4 is 5.63 Å². The maximum absolute atomic E-state index is 13.6. The maximum atomic E-state index is 13.6. The number of hydrogen-bond acceptors (Lipinski definition) is 2. The molecule has 2 rings (SSSR count). The Bertz CT molecular complexity index is 585. The van der Waals surface area contributed by atoms with Crippen LogP contribution in [0.25, 0.3) is 17.0 Å². The lowest BCUT2D eigenvalue weighted by atomic mass is 10.1. The summed E-state index contributed by atoms with van der Waals surface area (Å²) in [5.74, 6) is -0.768. The fraction of sp³-hybridized carbons (Fsp3) is 0.